The van der Waals surface area contributed by atoms with E-state index < -0.39 is 24.4 Å². The highest BCUT2D eigenvalue weighted by atomic mass is 19.3. The second-order valence-electron chi connectivity index (χ2n) is 9.29. The number of nitrogens with zero attached hydrogens (tertiary/aromatic N) is 4. The number of hydrogen-bond acceptors (Lipinski definition) is 12. The van der Waals surface area contributed by atoms with E-state index in [1.807, 2.05) is 4.90 Å². The molecule has 1 fully saturated rings. The summed E-state index contributed by atoms with van der Waals surface area (Å²) in [7, 11) is 1.44. The van der Waals surface area contributed by atoms with E-state index in [0.29, 0.717) is 31.1 Å². The van der Waals surface area contributed by atoms with E-state index in [4.69, 9.17) is 16.2 Å². The Morgan fingerprint density at radius 1 is 1.02 bits per heavy atom. The SMILES string of the molecule is COc1nc(Nc2ccc(C(=O)CC(=O)Nc3ccc4c(c3)OC(F)(F)O4)cc2)nc(N2C[C@H](N)C[C@H](N)C2)n1. The van der Waals surface area contributed by atoms with Crippen LogP contribution in [0.1, 0.15) is 23.2 Å². The minimum Gasteiger partial charge on any atom is -0.467 e. The van der Waals surface area contributed by atoms with Crippen molar-refractivity contribution < 1.29 is 32.6 Å². The molecular formula is C25H26F2N8O5. The number of Topliss-reactive ketones (excluding diaryl/α,β-unsaturated/α-hetero) is 1. The van der Waals surface area contributed by atoms with Gasteiger partial charge in [0.2, 0.25) is 17.8 Å². The number of carbonyl (C=O) groups excluding carboxylic acids is 2. The Kier molecular flexibility index (Phi) is 7.32. The Balaban J connectivity index is 1.20. The number of fused-ring (bicyclic) bond motifs is 1. The third-order valence-corrected chi connectivity index (χ3v) is 6.05. The number of benzene rings is 2. The molecule has 1 saturated heterocycles. The van der Waals surface area contributed by atoms with Crippen molar-refractivity contribution in [3.8, 4) is 17.5 Å². The first kappa shape index (κ1) is 27.0. The Bertz CT molecular complexity index is 1410. The number of nitrogens with one attached hydrogen (secondary N) is 2. The Hall–Kier alpha value is -4.63. The van der Waals surface area contributed by atoms with Crippen LogP contribution >= 0.6 is 0 Å². The van der Waals surface area contributed by atoms with Gasteiger partial charge in [0.1, 0.15) is 0 Å². The van der Waals surface area contributed by atoms with Gasteiger partial charge in [-0.15, -0.1) is 8.78 Å². The number of piperidine rings is 1. The van der Waals surface area contributed by atoms with Crippen LogP contribution in [0.2, 0.25) is 0 Å². The van der Waals surface area contributed by atoms with Gasteiger partial charge in [0.05, 0.1) is 13.5 Å². The third kappa shape index (κ3) is 6.32. The van der Waals surface area contributed by atoms with Gasteiger partial charge >= 0.3 is 12.3 Å². The zero-order chi connectivity index (χ0) is 28.4. The van der Waals surface area contributed by atoms with Crippen molar-refractivity contribution in [2.24, 2.45) is 11.5 Å². The zero-order valence-electron chi connectivity index (χ0n) is 21.3. The lowest BCUT2D eigenvalue weighted by molar-refractivity contribution is -0.286. The van der Waals surface area contributed by atoms with Crippen molar-refractivity contribution in [1.82, 2.24) is 15.0 Å². The van der Waals surface area contributed by atoms with E-state index in [1.165, 1.54) is 25.3 Å². The van der Waals surface area contributed by atoms with Gasteiger partial charge in [-0.2, -0.15) is 15.0 Å². The molecule has 1 amide bonds. The lowest BCUT2D eigenvalue weighted by atomic mass is 10.0. The number of ether oxygens (including phenoxy) is 3. The molecule has 210 valence electrons. The van der Waals surface area contributed by atoms with Crippen LogP contribution in [0.25, 0.3) is 0 Å². The quantitative estimate of drug-likeness (QED) is 0.235. The van der Waals surface area contributed by atoms with E-state index in [0.717, 1.165) is 0 Å². The highest BCUT2D eigenvalue weighted by Crippen LogP contribution is 2.42. The maximum absolute atomic E-state index is 13.2. The topological polar surface area (TPSA) is 180 Å². The number of carbonyl (C=O) groups is 2. The molecule has 40 heavy (non-hydrogen) atoms. The maximum atomic E-state index is 13.2. The lowest BCUT2D eigenvalue weighted by Crippen LogP contribution is -2.52. The van der Waals surface area contributed by atoms with Crippen LogP contribution in [0.15, 0.2) is 42.5 Å². The Morgan fingerprint density at radius 2 is 1.70 bits per heavy atom. The number of methoxy groups -OCH3 is 1. The monoisotopic (exact) mass is 556 g/mol. The van der Waals surface area contributed by atoms with Gasteiger partial charge in [-0.3, -0.25) is 9.59 Å². The zero-order valence-corrected chi connectivity index (χ0v) is 21.3. The summed E-state index contributed by atoms with van der Waals surface area (Å²) in [6.45, 7) is 1.07. The first-order chi connectivity index (χ1) is 19.1. The fraction of sp³-hybridized carbons (Fsp3) is 0.320. The van der Waals surface area contributed by atoms with Crippen LogP contribution < -0.4 is 41.2 Å². The van der Waals surface area contributed by atoms with Gasteiger partial charge in [-0.05, 0) is 42.8 Å². The van der Waals surface area contributed by atoms with Crippen molar-refractivity contribution in [2.75, 3.05) is 35.7 Å². The number of anilines is 4. The summed E-state index contributed by atoms with van der Waals surface area (Å²) in [5, 5.41) is 5.53. The highest BCUT2D eigenvalue weighted by molar-refractivity contribution is 6.11. The summed E-state index contributed by atoms with van der Waals surface area (Å²) >= 11 is 0. The van der Waals surface area contributed by atoms with Gasteiger partial charge in [0, 0.05) is 48.2 Å². The predicted octanol–water partition coefficient (Wildman–Crippen LogP) is 2.02. The molecule has 0 spiro atoms. The van der Waals surface area contributed by atoms with Gasteiger partial charge in [-0.25, -0.2) is 0 Å². The van der Waals surface area contributed by atoms with Crippen LogP contribution in [0.3, 0.4) is 0 Å². The largest absolute Gasteiger partial charge is 0.586 e. The van der Waals surface area contributed by atoms with Crippen LogP contribution in [0.4, 0.5) is 32.1 Å². The molecule has 2 aliphatic rings. The number of rotatable bonds is 8. The summed E-state index contributed by atoms with van der Waals surface area (Å²) in [5.41, 5.74) is 13.2. The molecule has 3 aromatic rings. The second-order valence-corrected chi connectivity index (χ2v) is 9.29. The van der Waals surface area contributed by atoms with E-state index in [-0.39, 0.29) is 46.8 Å². The smallest absolute Gasteiger partial charge is 0.467 e. The van der Waals surface area contributed by atoms with Gasteiger partial charge in [0.25, 0.3) is 0 Å². The molecule has 15 heteroatoms. The van der Waals surface area contributed by atoms with E-state index >= 15 is 0 Å². The molecule has 0 radical (unpaired) electrons. The highest BCUT2D eigenvalue weighted by Gasteiger charge is 2.43. The number of ketones is 1. The molecule has 2 aromatic carbocycles. The number of hydrogen-bond donors (Lipinski definition) is 4. The molecule has 0 saturated carbocycles. The summed E-state index contributed by atoms with van der Waals surface area (Å²) in [6, 6.07) is 10.0. The molecule has 3 heterocycles. The second kappa shape index (κ2) is 10.9. The number of aromatic nitrogens is 3. The average molecular weight is 557 g/mol. The Labute approximate surface area is 226 Å². The van der Waals surface area contributed by atoms with Gasteiger partial charge in [0.15, 0.2) is 17.3 Å². The average Bonchev–Trinajstić information content (AvgIpc) is 3.21. The van der Waals surface area contributed by atoms with Crippen LogP contribution in [-0.4, -0.2) is 65.2 Å². The molecule has 2 atom stereocenters. The molecule has 0 unspecified atom stereocenters. The molecule has 13 nitrogen and oxygen atoms in total. The van der Waals surface area contributed by atoms with Crippen molar-refractivity contribution in [3.63, 3.8) is 0 Å². The number of amides is 1. The van der Waals surface area contributed by atoms with Crippen molar-refractivity contribution in [2.45, 2.75) is 31.2 Å². The minimum atomic E-state index is -3.77. The molecule has 6 N–H and O–H groups in total. The first-order valence-electron chi connectivity index (χ1n) is 12.2. The molecule has 0 bridgehead atoms. The van der Waals surface area contributed by atoms with E-state index in [9.17, 15) is 18.4 Å². The van der Waals surface area contributed by atoms with Crippen LogP contribution in [0.5, 0.6) is 17.5 Å². The van der Waals surface area contributed by atoms with Crippen LogP contribution in [-0.2, 0) is 4.79 Å². The number of nitrogens with two attached hydrogens (primary N) is 2. The molecular weight excluding hydrogens is 530 g/mol. The van der Waals surface area contributed by atoms with Crippen molar-refractivity contribution in [1.29, 1.82) is 0 Å². The predicted molar refractivity (Wildman–Crippen MR) is 139 cm³/mol. The summed E-state index contributed by atoms with van der Waals surface area (Å²) in [4.78, 5) is 39.9. The summed E-state index contributed by atoms with van der Waals surface area (Å²) in [5.74, 6) is -0.857. The normalized spacial score (nSPS) is 19.2. The Morgan fingerprint density at radius 3 is 2.40 bits per heavy atom. The molecule has 2 aliphatic heterocycles. The maximum Gasteiger partial charge on any atom is 0.586 e. The summed E-state index contributed by atoms with van der Waals surface area (Å²) < 4.78 is 40.3. The van der Waals surface area contributed by atoms with E-state index in [1.54, 1.807) is 24.3 Å². The minimum absolute atomic E-state index is 0.106. The molecule has 5 rings (SSSR count). The lowest BCUT2D eigenvalue weighted by Gasteiger charge is -2.34. The third-order valence-electron chi connectivity index (χ3n) is 6.05. The van der Waals surface area contributed by atoms with Gasteiger partial charge < -0.3 is 41.2 Å². The van der Waals surface area contributed by atoms with Gasteiger partial charge in [-0.1, -0.05) is 0 Å². The van der Waals surface area contributed by atoms with Crippen LogP contribution in [0, 0.1) is 0 Å². The summed E-state index contributed by atoms with van der Waals surface area (Å²) in [6.07, 6.45) is -3.53. The first-order valence-corrected chi connectivity index (χ1v) is 12.2. The van der Waals surface area contributed by atoms with Crippen molar-refractivity contribution in [3.05, 3.63) is 48.0 Å². The fourth-order valence-corrected chi connectivity index (χ4v) is 4.32. The van der Waals surface area contributed by atoms with Crippen molar-refractivity contribution >= 4 is 35.0 Å². The number of alkyl halides is 2. The standard InChI is InChI=1S/C25H26F2N8O5/c1-38-24-33-22(32-23(34-24)35-11-14(28)8-15(29)12-35)31-16-4-2-13(3-5-16)18(36)10-21(37)30-17-6-7-19-20(9-17)40-25(26,27)39-19/h2-7,9,14-15H,8,10-12,28-29H2,1H3,(H,30,37)(H,31,32,33,34)/t14-,15+. The van der Waals surface area contributed by atoms with E-state index in [2.05, 4.69) is 35.1 Å². The molecule has 1 aromatic heterocycles. The number of halogens is 2. The fourth-order valence-electron chi connectivity index (χ4n) is 4.32. The molecule has 0 aliphatic carbocycles.